The number of benzene rings is 1. The summed E-state index contributed by atoms with van der Waals surface area (Å²) in [6.45, 7) is 4.89. The largest absolute Gasteiger partial charge is 0.454 e. The van der Waals surface area contributed by atoms with Gasteiger partial charge in [-0.1, -0.05) is 25.6 Å². The van der Waals surface area contributed by atoms with Crippen molar-refractivity contribution < 1.29 is 17.9 Å². The lowest BCUT2D eigenvalue weighted by Crippen LogP contribution is -2.45. The maximum absolute atomic E-state index is 11.6. The summed E-state index contributed by atoms with van der Waals surface area (Å²) in [5.74, 6) is 2.62. The fourth-order valence-electron chi connectivity index (χ4n) is 4.59. The minimum absolute atomic E-state index is 0.0747. The van der Waals surface area contributed by atoms with Crippen LogP contribution in [0.3, 0.4) is 0 Å². The highest BCUT2D eigenvalue weighted by atomic mass is 32.2. The monoisotopic (exact) mass is 517 g/mol. The maximum Gasteiger partial charge on any atom is 0.231 e. The molecular formula is C22H27N7O4S2. The van der Waals surface area contributed by atoms with Gasteiger partial charge in [0.2, 0.25) is 16.8 Å². The number of nitrogen functional groups attached to an aromatic ring is 1. The number of fused-ring (bicyclic) bond motifs is 2. The highest BCUT2D eigenvalue weighted by molar-refractivity contribution is 8.00. The van der Waals surface area contributed by atoms with Crippen LogP contribution in [0.15, 0.2) is 35.6 Å². The predicted octanol–water partition coefficient (Wildman–Crippen LogP) is 2.53. The Morgan fingerprint density at radius 1 is 1.23 bits per heavy atom. The van der Waals surface area contributed by atoms with Crippen molar-refractivity contribution in [1.29, 1.82) is 0 Å². The Kier molecular flexibility index (Phi) is 6.23. The van der Waals surface area contributed by atoms with Gasteiger partial charge in [-0.05, 0) is 36.5 Å². The van der Waals surface area contributed by atoms with Crippen LogP contribution in [0.1, 0.15) is 31.7 Å². The summed E-state index contributed by atoms with van der Waals surface area (Å²) in [6.07, 6.45) is 3.51. The number of nitrogens with one attached hydrogen (secondary N) is 1. The zero-order valence-corrected chi connectivity index (χ0v) is 21.0. The third kappa shape index (κ3) is 4.62. The average molecular weight is 518 g/mol. The van der Waals surface area contributed by atoms with Crippen LogP contribution in [0.5, 0.6) is 11.5 Å². The van der Waals surface area contributed by atoms with E-state index < -0.39 is 10.0 Å². The van der Waals surface area contributed by atoms with Crippen molar-refractivity contribution in [3.63, 3.8) is 0 Å². The minimum Gasteiger partial charge on any atom is -0.454 e. The normalized spacial score (nSPS) is 21.2. The molecule has 0 spiro atoms. The Morgan fingerprint density at radius 3 is 2.71 bits per heavy atom. The molecule has 2 aliphatic rings. The lowest BCUT2D eigenvalue weighted by Gasteiger charge is -2.44. The van der Waals surface area contributed by atoms with Crippen molar-refractivity contribution in [3.8, 4) is 22.8 Å². The quantitative estimate of drug-likeness (QED) is 0.424. The van der Waals surface area contributed by atoms with Crippen LogP contribution in [0.2, 0.25) is 0 Å². The number of nitrogens with zero attached hydrogens (tertiary/aromatic N) is 4. The first kappa shape index (κ1) is 23.7. The van der Waals surface area contributed by atoms with E-state index in [4.69, 9.17) is 20.3 Å². The van der Waals surface area contributed by atoms with Gasteiger partial charge in [0.15, 0.2) is 11.5 Å². The molecule has 2 aliphatic heterocycles. The topological polar surface area (TPSA) is 162 Å². The number of anilines is 2. The van der Waals surface area contributed by atoms with Crippen LogP contribution in [-0.4, -0.2) is 53.0 Å². The number of hydrogen-bond acceptors (Lipinski definition) is 10. The molecule has 2 aromatic heterocycles. The number of thioether (sulfide) groups is 1. The standard InChI is InChI=1S/C22H27N7O4S2/c1-12-13(2)22(29(6-3-7-35(24,30)31)21-19(12)20(23)25-10-26-21)34-18-9-17-16(32-11-33-17)8-14(18)15-4-5-27-28-15/h4-5,8-10,12-13,22H,3,6-7,11H2,1-2H3,(H,27,28)(H2,23,25,26)(H2,24,30,31). The van der Waals surface area contributed by atoms with Crippen molar-refractivity contribution in [2.24, 2.45) is 11.1 Å². The number of aromatic nitrogens is 4. The van der Waals surface area contributed by atoms with Crippen molar-refractivity contribution in [1.82, 2.24) is 20.2 Å². The minimum atomic E-state index is -3.59. The van der Waals surface area contributed by atoms with E-state index in [0.717, 1.165) is 27.5 Å². The molecule has 0 saturated heterocycles. The van der Waals surface area contributed by atoms with Gasteiger partial charge in [-0.2, -0.15) is 5.10 Å². The molecule has 4 heterocycles. The van der Waals surface area contributed by atoms with Crippen LogP contribution < -0.4 is 25.2 Å². The number of sulfonamides is 1. The van der Waals surface area contributed by atoms with Crippen LogP contribution >= 0.6 is 11.8 Å². The Bertz CT molecular complexity index is 1330. The maximum atomic E-state index is 11.6. The summed E-state index contributed by atoms with van der Waals surface area (Å²) in [5, 5.41) is 12.3. The van der Waals surface area contributed by atoms with Gasteiger partial charge < -0.3 is 20.1 Å². The molecule has 11 nitrogen and oxygen atoms in total. The lowest BCUT2D eigenvalue weighted by atomic mass is 9.85. The summed E-state index contributed by atoms with van der Waals surface area (Å²) in [4.78, 5) is 11.9. The molecule has 0 aliphatic carbocycles. The number of rotatable bonds is 7. The van der Waals surface area contributed by atoms with Crippen LogP contribution in [0, 0.1) is 5.92 Å². The van der Waals surface area contributed by atoms with Crippen LogP contribution in [0.4, 0.5) is 11.6 Å². The molecule has 0 fully saturated rings. The highest BCUT2D eigenvalue weighted by Gasteiger charge is 2.40. The fraction of sp³-hybridized carbons (Fsp3) is 0.409. The Balaban J connectivity index is 1.56. The fourth-order valence-corrected chi connectivity index (χ4v) is 6.63. The van der Waals surface area contributed by atoms with Gasteiger partial charge in [0.1, 0.15) is 18.0 Å². The van der Waals surface area contributed by atoms with Gasteiger partial charge in [-0.15, -0.1) is 0 Å². The van der Waals surface area contributed by atoms with E-state index in [2.05, 4.69) is 38.9 Å². The molecule has 3 unspecified atom stereocenters. The third-order valence-electron chi connectivity index (χ3n) is 6.51. The lowest BCUT2D eigenvalue weighted by molar-refractivity contribution is 0.174. The van der Waals surface area contributed by atoms with E-state index in [1.54, 1.807) is 18.0 Å². The van der Waals surface area contributed by atoms with Gasteiger partial charge in [-0.3, -0.25) is 5.10 Å². The number of hydrogen-bond donors (Lipinski definition) is 3. The highest BCUT2D eigenvalue weighted by Crippen LogP contribution is 2.50. The van der Waals surface area contributed by atoms with E-state index >= 15 is 0 Å². The van der Waals surface area contributed by atoms with Crippen molar-refractivity contribution in [2.45, 2.75) is 36.5 Å². The molecule has 0 amide bonds. The molecule has 13 heteroatoms. The summed E-state index contributed by atoms with van der Waals surface area (Å²) >= 11 is 1.66. The summed E-state index contributed by atoms with van der Waals surface area (Å²) in [5.41, 5.74) is 8.94. The zero-order chi connectivity index (χ0) is 24.7. The van der Waals surface area contributed by atoms with Gasteiger partial charge in [0, 0.05) is 28.8 Å². The third-order valence-corrected chi connectivity index (χ3v) is 8.88. The molecule has 3 aromatic rings. The van der Waals surface area contributed by atoms with Crippen molar-refractivity contribution in [2.75, 3.05) is 29.7 Å². The first-order valence-corrected chi connectivity index (χ1v) is 13.8. The van der Waals surface area contributed by atoms with E-state index in [0.29, 0.717) is 30.3 Å². The SMILES string of the molecule is CC1c2c(N)ncnc2N(CCCS(N)(=O)=O)C(Sc2cc3c(cc2-c2ccn[nH]2)OCO3)C1C. The summed E-state index contributed by atoms with van der Waals surface area (Å²) in [6, 6.07) is 5.84. The van der Waals surface area contributed by atoms with Crippen LogP contribution in [0.25, 0.3) is 11.3 Å². The Labute approximate surface area is 207 Å². The number of nitrogens with two attached hydrogens (primary N) is 2. The number of primary sulfonamides is 1. The molecular weight excluding hydrogens is 490 g/mol. The van der Waals surface area contributed by atoms with Crippen LogP contribution in [-0.2, 0) is 10.0 Å². The van der Waals surface area contributed by atoms with E-state index in [1.165, 1.54) is 6.33 Å². The van der Waals surface area contributed by atoms with E-state index in [1.807, 2.05) is 18.2 Å². The molecule has 1 aromatic carbocycles. The Morgan fingerprint density at radius 2 is 2.00 bits per heavy atom. The number of H-pyrrole nitrogens is 1. The van der Waals surface area contributed by atoms with Gasteiger partial charge in [-0.25, -0.2) is 23.5 Å². The van der Waals surface area contributed by atoms with E-state index in [-0.39, 0.29) is 29.8 Å². The summed E-state index contributed by atoms with van der Waals surface area (Å²) < 4.78 is 34.5. The molecule has 5 N–H and O–H groups in total. The first-order valence-electron chi connectivity index (χ1n) is 11.2. The zero-order valence-electron chi connectivity index (χ0n) is 19.3. The Hall–Kier alpha value is -3.03. The molecule has 3 atom stereocenters. The molecule has 0 radical (unpaired) electrons. The second-order valence-electron chi connectivity index (χ2n) is 8.74. The van der Waals surface area contributed by atoms with Crippen molar-refractivity contribution >= 4 is 33.4 Å². The predicted molar refractivity (Wildman–Crippen MR) is 134 cm³/mol. The molecule has 0 saturated carbocycles. The first-order chi connectivity index (χ1) is 16.7. The smallest absolute Gasteiger partial charge is 0.231 e. The van der Waals surface area contributed by atoms with Gasteiger partial charge in [0.25, 0.3) is 0 Å². The second kappa shape index (κ2) is 9.21. The average Bonchev–Trinajstić information content (AvgIpc) is 3.49. The second-order valence-corrected chi connectivity index (χ2v) is 11.6. The molecule has 186 valence electrons. The molecule has 5 rings (SSSR count). The molecule has 35 heavy (non-hydrogen) atoms. The summed E-state index contributed by atoms with van der Waals surface area (Å²) in [7, 11) is -3.59. The van der Waals surface area contributed by atoms with Crippen molar-refractivity contribution in [3.05, 3.63) is 36.3 Å². The number of ether oxygens (including phenoxy) is 2. The number of aromatic amines is 1. The van der Waals surface area contributed by atoms with Gasteiger partial charge >= 0.3 is 0 Å². The molecule has 0 bridgehead atoms. The van der Waals surface area contributed by atoms with Gasteiger partial charge in [0.05, 0.1) is 16.8 Å². The van der Waals surface area contributed by atoms with E-state index in [9.17, 15) is 8.42 Å².